The summed E-state index contributed by atoms with van der Waals surface area (Å²) in [5.74, 6) is -0.0863. The maximum Gasteiger partial charge on any atom is 0.228 e. The largest absolute Gasteiger partial charge is 0.371 e. The number of amides is 1. The second-order valence-corrected chi connectivity index (χ2v) is 11.9. The molecule has 0 N–H and O–H groups in total. The molecule has 2 rings (SSSR count). The number of hydrogen-bond acceptors (Lipinski definition) is 4. The quantitative estimate of drug-likeness (QED) is 0.144. The number of unbranched alkanes of at least 4 members (excludes halogenated alkanes) is 1. The maximum atomic E-state index is 14.6. The predicted molar refractivity (Wildman–Crippen MR) is 185 cm³/mol. The number of hydrogen-bond donors (Lipinski definition) is 0. The van der Waals surface area contributed by atoms with Crippen LogP contribution in [0.4, 0.5) is 4.39 Å². The van der Waals surface area contributed by atoms with Crippen LogP contribution in [-0.2, 0) is 4.79 Å². The molecule has 44 heavy (non-hydrogen) atoms. The van der Waals surface area contributed by atoms with Crippen molar-refractivity contribution in [3.63, 3.8) is 0 Å². The molecule has 1 aliphatic heterocycles. The van der Waals surface area contributed by atoms with E-state index in [2.05, 4.69) is 43.0 Å². The first-order valence-corrected chi connectivity index (χ1v) is 15.6. The van der Waals surface area contributed by atoms with Gasteiger partial charge in [-0.15, -0.1) is 0 Å². The molecule has 238 valence electrons. The second kappa shape index (κ2) is 19.3. The lowest BCUT2D eigenvalue weighted by molar-refractivity contribution is -0.141. The maximum absolute atomic E-state index is 14.6. The third-order valence-corrected chi connectivity index (χ3v) is 7.23. The fourth-order valence-electron chi connectivity index (χ4n) is 4.95. The zero-order valence-corrected chi connectivity index (χ0v) is 28.3. The lowest BCUT2D eigenvalue weighted by Crippen LogP contribution is -2.51. The summed E-state index contributed by atoms with van der Waals surface area (Å²) in [5, 5.41) is 8.83. The van der Waals surface area contributed by atoms with E-state index in [1.165, 1.54) is 12.3 Å². The Bertz CT molecular complexity index is 1320. The van der Waals surface area contributed by atoms with E-state index in [-0.39, 0.29) is 17.1 Å². The zero-order chi connectivity index (χ0) is 33.3. The van der Waals surface area contributed by atoms with Gasteiger partial charge in [0.15, 0.2) is 0 Å². The summed E-state index contributed by atoms with van der Waals surface area (Å²) in [6.07, 6.45) is 13.4. The molecule has 1 heterocycles. The van der Waals surface area contributed by atoms with E-state index in [9.17, 15) is 9.18 Å². The van der Waals surface area contributed by atoms with Crippen molar-refractivity contribution >= 4 is 17.2 Å². The van der Waals surface area contributed by atoms with Gasteiger partial charge in [0.25, 0.3) is 0 Å². The fraction of sp³-hybridized carbons (Fsp3) is 0.447. The molecular weight excluding hydrogens is 547 g/mol. The molecule has 0 aliphatic carbocycles. The Balaban J connectivity index is 0.000000582. The summed E-state index contributed by atoms with van der Waals surface area (Å²) in [6, 6.07) is 8.96. The number of halogens is 1. The van der Waals surface area contributed by atoms with E-state index in [0.717, 1.165) is 66.9 Å². The molecule has 0 spiro atoms. The van der Waals surface area contributed by atoms with Crippen LogP contribution in [0.2, 0.25) is 0 Å². The monoisotopic (exact) mass is 600 g/mol. The van der Waals surface area contributed by atoms with Gasteiger partial charge in [-0.25, -0.2) is 4.39 Å². The van der Waals surface area contributed by atoms with Crippen molar-refractivity contribution in [1.82, 2.24) is 9.80 Å². The first-order valence-electron chi connectivity index (χ1n) is 15.6. The van der Waals surface area contributed by atoms with E-state index < -0.39 is 0 Å². The number of carbonyl (C=O) groups excluding carboxylic acids is 1. The van der Waals surface area contributed by atoms with Crippen LogP contribution >= 0.6 is 0 Å². The first-order chi connectivity index (χ1) is 20.9. The molecule has 0 bridgehead atoms. The van der Waals surface area contributed by atoms with Crippen molar-refractivity contribution in [3.05, 3.63) is 102 Å². The Morgan fingerprint density at radius 3 is 2.20 bits per heavy atom. The Morgan fingerprint density at radius 1 is 1.09 bits per heavy atom. The second-order valence-electron chi connectivity index (χ2n) is 11.9. The van der Waals surface area contributed by atoms with Crippen LogP contribution in [0, 0.1) is 22.6 Å². The molecule has 6 heteroatoms. The van der Waals surface area contributed by atoms with Crippen LogP contribution in [-0.4, -0.2) is 47.6 Å². The molecule has 1 aromatic carbocycles. The lowest BCUT2D eigenvalue weighted by atomic mass is 9.92. The highest BCUT2D eigenvalue weighted by Crippen LogP contribution is 2.31. The highest BCUT2D eigenvalue weighted by atomic mass is 19.1. The van der Waals surface area contributed by atoms with Crippen LogP contribution in [0.5, 0.6) is 0 Å². The fourth-order valence-corrected chi connectivity index (χ4v) is 4.95. The number of piperazine rings is 1. The van der Waals surface area contributed by atoms with Gasteiger partial charge in [-0.2, -0.15) is 5.26 Å². The van der Waals surface area contributed by atoms with E-state index in [4.69, 9.17) is 5.26 Å². The molecule has 1 aliphatic rings. The number of allylic oxidation sites excluding steroid dienone is 9. The molecular formula is C38H53FN4O. The number of rotatable bonds is 11. The Kier molecular flexibility index (Phi) is 16.7. The third-order valence-electron chi connectivity index (χ3n) is 7.23. The number of benzene rings is 1. The third kappa shape index (κ3) is 12.0. The number of aliphatic imine (C=N–C) groups is 1. The van der Waals surface area contributed by atoms with Gasteiger partial charge in [0.2, 0.25) is 5.91 Å². The van der Waals surface area contributed by atoms with Crippen LogP contribution in [0.25, 0.3) is 5.57 Å². The topological polar surface area (TPSA) is 59.7 Å². The number of nitrogens with zero attached hydrogens (tertiary/aromatic N) is 4. The average molecular weight is 601 g/mol. The lowest BCUT2D eigenvalue weighted by Gasteiger charge is -2.39. The summed E-state index contributed by atoms with van der Waals surface area (Å²) in [6.45, 7) is 26.4. The van der Waals surface area contributed by atoms with Crippen molar-refractivity contribution in [2.24, 2.45) is 10.4 Å². The summed E-state index contributed by atoms with van der Waals surface area (Å²) in [7, 11) is 0. The van der Waals surface area contributed by atoms with E-state index in [1.807, 2.05) is 76.8 Å². The summed E-state index contributed by atoms with van der Waals surface area (Å²) in [4.78, 5) is 21.2. The molecule has 0 saturated carbocycles. The molecule has 1 aromatic rings. The number of nitriles is 1. The number of carbonyl (C=O) groups is 1. The average Bonchev–Trinajstić information content (AvgIpc) is 2.99. The SMILES string of the molecule is C=C(/C=C(C#N)\C=C/CCC)CCC.C=CN=C(C)C(/C(=C\C)c1ccccc1F)=C(\C)N1CCN(C(=O)C(C)(C)C)CC1. The normalized spacial score (nSPS) is 15.3. The minimum Gasteiger partial charge on any atom is -0.371 e. The molecule has 1 fully saturated rings. The predicted octanol–water partition coefficient (Wildman–Crippen LogP) is 9.45. The van der Waals surface area contributed by atoms with E-state index in [1.54, 1.807) is 12.1 Å². The smallest absolute Gasteiger partial charge is 0.228 e. The van der Waals surface area contributed by atoms with Gasteiger partial charge in [0, 0.05) is 60.3 Å². The van der Waals surface area contributed by atoms with Crippen LogP contribution in [0.15, 0.2) is 95.3 Å². The molecule has 0 atom stereocenters. The summed E-state index contributed by atoms with van der Waals surface area (Å²) in [5.41, 5.74) is 5.43. The highest BCUT2D eigenvalue weighted by Gasteiger charge is 2.30. The zero-order valence-electron chi connectivity index (χ0n) is 28.3. The van der Waals surface area contributed by atoms with Crippen LogP contribution in [0.1, 0.15) is 86.6 Å². The molecule has 0 radical (unpaired) electrons. The van der Waals surface area contributed by atoms with Crippen molar-refractivity contribution in [1.29, 1.82) is 5.26 Å². The first kappa shape index (κ1) is 38.0. The van der Waals surface area contributed by atoms with Crippen LogP contribution in [0.3, 0.4) is 0 Å². The van der Waals surface area contributed by atoms with Crippen molar-refractivity contribution < 1.29 is 9.18 Å². The molecule has 0 unspecified atom stereocenters. The van der Waals surface area contributed by atoms with Gasteiger partial charge in [0.1, 0.15) is 5.82 Å². The molecule has 1 amide bonds. The summed E-state index contributed by atoms with van der Waals surface area (Å²) < 4.78 is 14.6. The Labute approximate surface area is 266 Å². The van der Waals surface area contributed by atoms with Crippen molar-refractivity contribution in [2.45, 2.75) is 81.1 Å². The summed E-state index contributed by atoms with van der Waals surface area (Å²) >= 11 is 0. The van der Waals surface area contributed by atoms with Crippen molar-refractivity contribution in [2.75, 3.05) is 26.2 Å². The van der Waals surface area contributed by atoms with Gasteiger partial charge in [-0.05, 0) is 57.4 Å². The Morgan fingerprint density at radius 2 is 1.70 bits per heavy atom. The standard InChI is InChI=1S/C25H34FN3O.C13H19N/c1-8-20(21-12-10-11-13-22(21)26)23(18(3)27-9-2)19(4)28-14-16-29(17-15-28)24(30)25(5,6)7;1-4-6-7-9-13(11-14)10-12(3)8-5-2/h8-13H,2,14-17H2,1,3-7H3;7,9-10H,3-6,8H2,1-2H3/b20-8-,23-19-,27-18?;9-7-,13-10+. The minimum absolute atomic E-state index is 0.175. The molecule has 0 aromatic heterocycles. The van der Waals surface area contributed by atoms with E-state index in [0.29, 0.717) is 24.2 Å². The minimum atomic E-state index is -0.381. The van der Waals surface area contributed by atoms with Gasteiger partial charge in [0.05, 0.1) is 11.6 Å². The Hall–Kier alpha value is -3.98. The molecule has 5 nitrogen and oxygen atoms in total. The highest BCUT2D eigenvalue weighted by molar-refractivity contribution is 6.12. The van der Waals surface area contributed by atoms with Gasteiger partial charge >= 0.3 is 0 Å². The van der Waals surface area contributed by atoms with Gasteiger partial charge < -0.3 is 9.80 Å². The van der Waals surface area contributed by atoms with Crippen molar-refractivity contribution in [3.8, 4) is 6.07 Å². The van der Waals surface area contributed by atoms with Crippen LogP contribution < -0.4 is 0 Å². The van der Waals surface area contributed by atoms with E-state index >= 15 is 0 Å². The van der Waals surface area contributed by atoms with Gasteiger partial charge in [-0.3, -0.25) is 9.79 Å². The van der Waals surface area contributed by atoms with Gasteiger partial charge in [-0.1, -0.05) is 96.5 Å². The molecule has 1 saturated heterocycles.